The summed E-state index contributed by atoms with van der Waals surface area (Å²) in [5.41, 5.74) is 4.03. The summed E-state index contributed by atoms with van der Waals surface area (Å²) in [6.07, 6.45) is 2.92. The highest BCUT2D eigenvalue weighted by atomic mass is 32.2. The summed E-state index contributed by atoms with van der Waals surface area (Å²) in [7, 11) is -4.04. The summed E-state index contributed by atoms with van der Waals surface area (Å²) in [5, 5.41) is 3.96. The number of hydrogen-bond acceptors (Lipinski definition) is 7. The van der Waals surface area contributed by atoms with Crippen LogP contribution in [0.1, 0.15) is 28.4 Å². The molecule has 0 spiro atoms. The van der Waals surface area contributed by atoms with E-state index in [0.29, 0.717) is 35.8 Å². The zero-order chi connectivity index (χ0) is 25.3. The van der Waals surface area contributed by atoms with Gasteiger partial charge >= 0.3 is 10.1 Å². The molecule has 0 aliphatic carbocycles. The molecule has 182 valence electrons. The number of hydrogen-bond donors (Lipinski definition) is 1. The topological polar surface area (TPSA) is 103 Å². The maximum absolute atomic E-state index is 12.6. The van der Waals surface area contributed by atoms with Crippen molar-refractivity contribution in [1.82, 2.24) is 5.43 Å². The molecule has 0 aliphatic rings. The van der Waals surface area contributed by atoms with Gasteiger partial charge in [-0.15, -0.1) is 0 Å². The van der Waals surface area contributed by atoms with Crippen LogP contribution in [0.5, 0.6) is 17.2 Å². The van der Waals surface area contributed by atoms with Crippen LogP contribution in [-0.4, -0.2) is 33.8 Å². The first kappa shape index (κ1) is 25.5. The van der Waals surface area contributed by atoms with Crippen molar-refractivity contribution in [2.75, 3.05) is 13.2 Å². The summed E-state index contributed by atoms with van der Waals surface area (Å²) < 4.78 is 41.7. The Labute approximate surface area is 205 Å². The van der Waals surface area contributed by atoms with E-state index in [1.54, 1.807) is 54.6 Å². The highest BCUT2D eigenvalue weighted by molar-refractivity contribution is 7.87. The van der Waals surface area contributed by atoms with Gasteiger partial charge in [-0.05, 0) is 56.3 Å². The van der Waals surface area contributed by atoms with E-state index in [1.807, 2.05) is 13.8 Å². The molecule has 1 N–H and O–H groups in total. The standard InChI is InChI=1S/C26H26N2O6S/c1-4-16-33-24-15-12-20(17-25(24)32-5-2)26(29)28-27-18-21-8-6-7-9-23(21)34-35(30,31)22-13-10-19(3)11-14-22/h4,6-15,17-18H,1,5,16H2,2-3H3,(H,28,29)/b27-18+. The van der Waals surface area contributed by atoms with Crippen LogP contribution in [0, 0.1) is 6.92 Å². The van der Waals surface area contributed by atoms with Crippen molar-refractivity contribution in [2.24, 2.45) is 5.10 Å². The monoisotopic (exact) mass is 494 g/mol. The van der Waals surface area contributed by atoms with Crippen molar-refractivity contribution in [3.05, 3.63) is 96.1 Å². The summed E-state index contributed by atoms with van der Waals surface area (Å²) in [5.74, 6) is 0.510. The van der Waals surface area contributed by atoms with Crippen molar-refractivity contribution in [2.45, 2.75) is 18.7 Å². The van der Waals surface area contributed by atoms with E-state index in [1.165, 1.54) is 24.4 Å². The molecule has 8 nitrogen and oxygen atoms in total. The lowest BCUT2D eigenvalue weighted by molar-refractivity contribution is 0.0954. The number of hydrazone groups is 1. The number of nitrogens with zero attached hydrogens (tertiary/aromatic N) is 1. The lowest BCUT2D eigenvalue weighted by Crippen LogP contribution is -2.18. The van der Waals surface area contributed by atoms with Crippen LogP contribution in [0.2, 0.25) is 0 Å². The Morgan fingerprint density at radius 3 is 2.46 bits per heavy atom. The maximum atomic E-state index is 12.6. The molecule has 3 aromatic carbocycles. The number of benzene rings is 3. The third kappa shape index (κ3) is 6.94. The van der Waals surface area contributed by atoms with E-state index >= 15 is 0 Å². The van der Waals surface area contributed by atoms with Crippen molar-refractivity contribution in [1.29, 1.82) is 0 Å². The third-order valence-corrected chi connectivity index (χ3v) is 5.91. The fourth-order valence-electron chi connectivity index (χ4n) is 2.94. The van der Waals surface area contributed by atoms with Crippen LogP contribution in [0.15, 0.2) is 89.4 Å². The maximum Gasteiger partial charge on any atom is 0.339 e. The molecule has 0 saturated carbocycles. The van der Waals surface area contributed by atoms with Gasteiger partial charge in [0.15, 0.2) is 17.2 Å². The van der Waals surface area contributed by atoms with Crippen LogP contribution < -0.4 is 19.1 Å². The van der Waals surface area contributed by atoms with Gasteiger partial charge in [-0.3, -0.25) is 4.79 Å². The molecule has 0 aromatic heterocycles. The van der Waals surface area contributed by atoms with Crippen LogP contribution in [0.3, 0.4) is 0 Å². The SMILES string of the molecule is C=CCOc1ccc(C(=O)N/N=C/c2ccccc2OS(=O)(=O)c2ccc(C)cc2)cc1OCC. The average molecular weight is 495 g/mol. The molecule has 3 aromatic rings. The van der Waals surface area contributed by atoms with Crippen LogP contribution in [0.25, 0.3) is 0 Å². The first-order valence-electron chi connectivity index (χ1n) is 10.8. The van der Waals surface area contributed by atoms with Gasteiger partial charge < -0.3 is 13.7 Å². The summed E-state index contributed by atoms with van der Waals surface area (Å²) in [6, 6.07) is 17.6. The largest absolute Gasteiger partial charge is 0.490 e. The molecule has 3 rings (SSSR count). The lowest BCUT2D eigenvalue weighted by Gasteiger charge is -2.12. The number of rotatable bonds is 11. The highest BCUT2D eigenvalue weighted by Crippen LogP contribution is 2.28. The van der Waals surface area contributed by atoms with E-state index in [9.17, 15) is 13.2 Å². The predicted molar refractivity (Wildman–Crippen MR) is 134 cm³/mol. The van der Waals surface area contributed by atoms with Crippen molar-refractivity contribution in [3.8, 4) is 17.2 Å². The van der Waals surface area contributed by atoms with Gasteiger partial charge in [-0.25, -0.2) is 5.43 Å². The van der Waals surface area contributed by atoms with Crippen molar-refractivity contribution in [3.63, 3.8) is 0 Å². The molecular formula is C26H26N2O6S. The molecule has 35 heavy (non-hydrogen) atoms. The van der Waals surface area contributed by atoms with E-state index in [-0.39, 0.29) is 10.6 Å². The average Bonchev–Trinajstić information content (AvgIpc) is 2.84. The van der Waals surface area contributed by atoms with Crippen molar-refractivity contribution < 1.29 is 26.9 Å². The minimum Gasteiger partial charge on any atom is -0.490 e. The van der Waals surface area contributed by atoms with Gasteiger partial charge in [0.2, 0.25) is 0 Å². The van der Waals surface area contributed by atoms with E-state index in [2.05, 4.69) is 17.1 Å². The van der Waals surface area contributed by atoms with Gasteiger partial charge in [0, 0.05) is 11.1 Å². The Bertz CT molecular complexity index is 1320. The number of ether oxygens (including phenoxy) is 2. The van der Waals surface area contributed by atoms with Gasteiger partial charge in [-0.1, -0.05) is 42.5 Å². The molecule has 0 aliphatic heterocycles. The minimum absolute atomic E-state index is 0.0359. The predicted octanol–water partition coefficient (Wildman–Crippen LogP) is 4.49. The second-order valence-electron chi connectivity index (χ2n) is 7.28. The number of carbonyl (C=O) groups is 1. The third-order valence-electron chi connectivity index (χ3n) is 4.66. The Hall–Kier alpha value is -4.11. The Morgan fingerprint density at radius 1 is 1.00 bits per heavy atom. The quantitative estimate of drug-likeness (QED) is 0.182. The lowest BCUT2D eigenvalue weighted by atomic mass is 10.2. The number of aryl methyl sites for hydroxylation is 1. The normalized spacial score (nSPS) is 11.1. The zero-order valence-electron chi connectivity index (χ0n) is 19.4. The molecule has 0 atom stereocenters. The highest BCUT2D eigenvalue weighted by Gasteiger charge is 2.18. The number of carbonyl (C=O) groups excluding carboxylic acids is 1. The summed E-state index contributed by atoms with van der Waals surface area (Å²) in [6.45, 7) is 8.00. The first-order valence-corrected chi connectivity index (χ1v) is 12.2. The van der Waals surface area contributed by atoms with E-state index in [0.717, 1.165) is 5.56 Å². The minimum atomic E-state index is -4.04. The molecule has 9 heteroatoms. The van der Waals surface area contributed by atoms with Crippen LogP contribution in [0.4, 0.5) is 0 Å². The van der Waals surface area contributed by atoms with Gasteiger partial charge in [0.05, 0.1) is 12.8 Å². The number of amides is 1. The van der Waals surface area contributed by atoms with Crippen molar-refractivity contribution >= 4 is 22.2 Å². The number of nitrogens with one attached hydrogen (secondary N) is 1. The van der Waals surface area contributed by atoms with Gasteiger partial charge in [-0.2, -0.15) is 13.5 Å². The molecule has 1 amide bonds. The second-order valence-corrected chi connectivity index (χ2v) is 8.83. The molecule has 0 heterocycles. The summed E-state index contributed by atoms with van der Waals surface area (Å²) in [4.78, 5) is 12.6. The second kappa shape index (κ2) is 11.8. The summed E-state index contributed by atoms with van der Waals surface area (Å²) >= 11 is 0. The van der Waals surface area contributed by atoms with Crippen LogP contribution in [-0.2, 0) is 10.1 Å². The Morgan fingerprint density at radius 2 is 1.74 bits per heavy atom. The molecule has 0 radical (unpaired) electrons. The van der Waals surface area contributed by atoms with Crippen LogP contribution >= 0.6 is 0 Å². The smallest absolute Gasteiger partial charge is 0.339 e. The Balaban J connectivity index is 1.73. The van der Waals surface area contributed by atoms with Gasteiger partial charge in [0.1, 0.15) is 11.5 Å². The molecular weight excluding hydrogens is 468 g/mol. The van der Waals surface area contributed by atoms with Gasteiger partial charge in [0.25, 0.3) is 5.91 Å². The Kier molecular flexibility index (Phi) is 8.63. The van der Waals surface area contributed by atoms with E-state index in [4.69, 9.17) is 13.7 Å². The first-order chi connectivity index (χ1) is 16.8. The molecule has 0 unspecified atom stereocenters. The molecule has 0 fully saturated rings. The molecule has 0 bridgehead atoms. The number of para-hydroxylation sites is 1. The fraction of sp³-hybridized carbons (Fsp3) is 0.154. The van der Waals surface area contributed by atoms with E-state index < -0.39 is 16.0 Å². The molecule has 0 saturated heterocycles. The zero-order valence-corrected chi connectivity index (χ0v) is 20.2. The fourth-order valence-corrected chi connectivity index (χ4v) is 3.90.